The molecule has 5 aromatic carbocycles. The molecule has 0 amide bonds. The van der Waals surface area contributed by atoms with Gasteiger partial charge in [-0.05, 0) is 89.9 Å². The van der Waals surface area contributed by atoms with Crippen LogP contribution < -0.4 is 15.1 Å². The molecule has 0 unspecified atom stereocenters. The van der Waals surface area contributed by atoms with Gasteiger partial charge < -0.3 is 18.6 Å². The van der Waals surface area contributed by atoms with E-state index in [1.807, 2.05) is 66.7 Å². The van der Waals surface area contributed by atoms with Gasteiger partial charge >= 0.3 is 17.6 Å². The molecular formula is C39H32O7. The van der Waals surface area contributed by atoms with Crippen LogP contribution in [0.2, 0.25) is 0 Å². The number of benzene rings is 5. The summed E-state index contributed by atoms with van der Waals surface area (Å²) in [6.07, 6.45) is 4.81. The molecule has 230 valence electrons. The Bertz CT molecular complexity index is 2110. The Labute approximate surface area is 265 Å². The van der Waals surface area contributed by atoms with Gasteiger partial charge in [0.25, 0.3) is 0 Å². The third-order valence-electron chi connectivity index (χ3n) is 7.77. The number of fused-ring (bicyclic) bond motifs is 4. The summed E-state index contributed by atoms with van der Waals surface area (Å²) in [6.45, 7) is 4.37. The highest BCUT2D eigenvalue weighted by atomic mass is 16.5. The highest BCUT2D eigenvalue weighted by Gasteiger charge is 2.13. The Morgan fingerprint density at radius 1 is 0.696 bits per heavy atom. The lowest BCUT2D eigenvalue weighted by atomic mass is 10.0. The molecule has 6 rings (SSSR count). The van der Waals surface area contributed by atoms with Crippen molar-refractivity contribution in [3.8, 4) is 22.6 Å². The Hall–Kier alpha value is -5.69. The standard InChI is InChI=1S/C39H32O7/c1-2-36(40)44-22-8-4-3-7-21-43-33-20-17-28-23-31(14-12-29(28)24-33)38(41)45-32-18-15-27(16-19-32)35-25-30-13-11-26-9-5-6-10-34(26)37(30)46-39(35)42/h2,5-6,9-20,23-25H,1,3-4,7-8,21-22H2. The van der Waals surface area contributed by atoms with Gasteiger partial charge in [0.2, 0.25) is 0 Å². The second-order valence-electron chi connectivity index (χ2n) is 10.9. The van der Waals surface area contributed by atoms with E-state index in [0.29, 0.717) is 41.2 Å². The number of unbranched alkanes of at least 4 members (excludes halogenated alkanes) is 3. The maximum atomic E-state index is 13.0. The molecule has 0 saturated carbocycles. The van der Waals surface area contributed by atoms with Gasteiger partial charge in [0.15, 0.2) is 0 Å². The SMILES string of the molecule is C=CC(=O)OCCCCCCOc1ccc2cc(C(=O)Oc3ccc(-c4cc5ccc6ccccc6c5oc4=O)cc3)ccc2c1. The zero-order valence-electron chi connectivity index (χ0n) is 25.2. The lowest BCUT2D eigenvalue weighted by Gasteiger charge is -2.09. The summed E-state index contributed by atoms with van der Waals surface area (Å²) >= 11 is 0. The average Bonchev–Trinajstić information content (AvgIpc) is 3.09. The summed E-state index contributed by atoms with van der Waals surface area (Å²) < 4.78 is 22.3. The number of carbonyl (C=O) groups excluding carboxylic acids is 2. The number of carbonyl (C=O) groups is 2. The van der Waals surface area contributed by atoms with E-state index in [9.17, 15) is 14.4 Å². The van der Waals surface area contributed by atoms with Crippen LogP contribution in [0.5, 0.6) is 11.5 Å². The second-order valence-corrected chi connectivity index (χ2v) is 10.9. The Morgan fingerprint density at radius 2 is 1.39 bits per heavy atom. The van der Waals surface area contributed by atoms with Crippen molar-refractivity contribution in [3.63, 3.8) is 0 Å². The van der Waals surface area contributed by atoms with Gasteiger partial charge in [-0.3, -0.25) is 0 Å². The first-order chi connectivity index (χ1) is 22.5. The van der Waals surface area contributed by atoms with Crippen molar-refractivity contribution >= 4 is 44.5 Å². The Morgan fingerprint density at radius 3 is 2.22 bits per heavy atom. The summed E-state index contributed by atoms with van der Waals surface area (Å²) in [4.78, 5) is 36.9. The predicted molar refractivity (Wildman–Crippen MR) is 179 cm³/mol. The van der Waals surface area contributed by atoms with Gasteiger partial charge in [-0.15, -0.1) is 0 Å². The quantitative estimate of drug-likeness (QED) is 0.0341. The van der Waals surface area contributed by atoms with E-state index in [1.54, 1.807) is 36.4 Å². The molecule has 0 fully saturated rings. The molecule has 7 heteroatoms. The number of esters is 2. The molecule has 0 radical (unpaired) electrons. The highest BCUT2D eigenvalue weighted by molar-refractivity contribution is 6.04. The minimum atomic E-state index is -0.480. The summed E-state index contributed by atoms with van der Waals surface area (Å²) in [5.41, 5.74) is 1.65. The van der Waals surface area contributed by atoms with E-state index < -0.39 is 17.6 Å². The Balaban J connectivity index is 1.05. The first-order valence-electron chi connectivity index (χ1n) is 15.2. The molecule has 0 bridgehead atoms. The van der Waals surface area contributed by atoms with Crippen molar-refractivity contribution in [1.82, 2.24) is 0 Å². The molecule has 0 atom stereocenters. The van der Waals surface area contributed by atoms with E-state index >= 15 is 0 Å². The highest BCUT2D eigenvalue weighted by Crippen LogP contribution is 2.29. The van der Waals surface area contributed by atoms with Crippen LogP contribution >= 0.6 is 0 Å². The summed E-state index contributed by atoms with van der Waals surface area (Å²) in [7, 11) is 0. The van der Waals surface area contributed by atoms with Crippen molar-refractivity contribution in [2.24, 2.45) is 0 Å². The molecule has 1 heterocycles. The van der Waals surface area contributed by atoms with Crippen LogP contribution in [0.15, 0.2) is 125 Å². The lowest BCUT2D eigenvalue weighted by Crippen LogP contribution is -2.08. The largest absolute Gasteiger partial charge is 0.494 e. The molecule has 6 aromatic rings. The minimum Gasteiger partial charge on any atom is -0.494 e. The molecule has 46 heavy (non-hydrogen) atoms. The van der Waals surface area contributed by atoms with E-state index in [-0.39, 0.29) is 0 Å². The normalized spacial score (nSPS) is 11.0. The number of hydrogen-bond donors (Lipinski definition) is 0. The van der Waals surface area contributed by atoms with Crippen LogP contribution in [-0.2, 0) is 9.53 Å². The second kappa shape index (κ2) is 13.9. The van der Waals surface area contributed by atoms with Crippen LogP contribution in [0.1, 0.15) is 36.0 Å². The minimum absolute atomic E-state index is 0.367. The fraction of sp³-hybridized carbons (Fsp3) is 0.154. The maximum Gasteiger partial charge on any atom is 0.344 e. The smallest absolute Gasteiger partial charge is 0.344 e. The monoisotopic (exact) mass is 612 g/mol. The summed E-state index contributed by atoms with van der Waals surface area (Å²) in [6, 6.07) is 31.5. The Kier molecular flexibility index (Phi) is 9.20. The number of hydrogen-bond acceptors (Lipinski definition) is 7. The van der Waals surface area contributed by atoms with Gasteiger partial charge in [0.1, 0.15) is 17.1 Å². The van der Waals surface area contributed by atoms with E-state index in [1.165, 1.54) is 6.08 Å². The van der Waals surface area contributed by atoms with Crippen molar-refractivity contribution in [1.29, 1.82) is 0 Å². The predicted octanol–water partition coefficient (Wildman–Crippen LogP) is 8.65. The van der Waals surface area contributed by atoms with Gasteiger partial charge in [0.05, 0.1) is 24.3 Å². The van der Waals surface area contributed by atoms with E-state index in [0.717, 1.165) is 58.4 Å². The topological polar surface area (TPSA) is 92.0 Å². The van der Waals surface area contributed by atoms with Crippen molar-refractivity contribution in [2.45, 2.75) is 25.7 Å². The third kappa shape index (κ3) is 7.00. The molecule has 0 aliphatic rings. The zero-order valence-corrected chi connectivity index (χ0v) is 25.2. The fourth-order valence-electron chi connectivity index (χ4n) is 5.34. The first kappa shape index (κ1) is 30.3. The summed E-state index contributed by atoms with van der Waals surface area (Å²) in [5, 5.41) is 4.56. The molecule has 0 aliphatic heterocycles. The molecule has 1 aromatic heterocycles. The van der Waals surface area contributed by atoms with Crippen molar-refractivity contribution < 1.29 is 28.2 Å². The van der Waals surface area contributed by atoms with E-state index in [2.05, 4.69) is 6.58 Å². The molecule has 0 aliphatic carbocycles. The van der Waals surface area contributed by atoms with Crippen LogP contribution in [0.3, 0.4) is 0 Å². The number of rotatable bonds is 12. The molecule has 0 saturated heterocycles. The average molecular weight is 613 g/mol. The van der Waals surface area contributed by atoms with Gasteiger partial charge in [-0.1, -0.05) is 67.2 Å². The van der Waals surface area contributed by atoms with Crippen LogP contribution in [-0.4, -0.2) is 25.2 Å². The molecule has 7 nitrogen and oxygen atoms in total. The first-order valence-corrected chi connectivity index (χ1v) is 15.2. The molecular weight excluding hydrogens is 580 g/mol. The van der Waals surface area contributed by atoms with E-state index in [4.69, 9.17) is 18.6 Å². The van der Waals surface area contributed by atoms with Gasteiger partial charge in [-0.25, -0.2) is 14.4 Å². The van der Waals surface area contributed by atoms with Crippen LogP contribution in [0.4, 0.5) is 0 Å². The fourth-order valence-corrected chi connectivity index (χ4v) is 5.34. The van der Waals surface area contributed by atoms with Gasteiger partial charge in [0, 0.05) is 16.8 Å². The molecule has 0 N–H and O–H groups in total. The lowest BCUT2D eigenvalue weighted by molar-refractivity contribution is -0.137. The van der Waals surface area contributed by atoms with Crippen molar-refractivity contribution in [3.05, 3.63) is 132 Å². The summed E-state index contributed by atoms with van der Waals surface area (Å²) in [5.74, 6) is 0.258. The number of ether oxygens (including phenoxy) is 3. The van der Waals surface area contributed by atoms with Crippen LogP contribution in [0, 0.1) is 0 Å². The molecule has 0 spiro atoms. The van der Waals surface area contributed by atoms with Crippen molar-refractivity contribution in [2.75, 3.05) is 13.2 Å². The van der Waals surface area contributed by atoms with Gasteiger partial charge in [-0.2, -0.15) is 0 Å². The third-order valence-corrected chi connectivity index (χ3v) is 7.77. The zero-order chi connectivity index (χ0) is 31.9. The van der Waals surface area contributed by atoms with Crippen LogP contribution in [0.25, 0.3) is 43.6 Å². The maximum absolute atomic E-state index is 13.0.